The fourth-order valence-corrected chi connectivity index (χ4v) is 3.95. The van der Waals surface area contributed by atoms with Crippen molar-refractivity contribution in [2.45, 2.75) is 45.6 Å². The Labute approximate surface area is 168 Å². The summed E-state index contributed by atoms with van der Waals surface area (Å²) in [7, 11) is 1.71. The Morgan fingerprint density at radius 1 is 1.21 bits per heavy atom. The summed E-state index contributed by atoms with van der Waals surface area (Å²) in [6.07, 6.45) is 7.18. The molecule has 154 valence electrons. The molecule has 0 aromatic carbocycles. The van der Waals surface area contributed by atoms with E-state index in [4.69, 9.17) is 4.99 Å². The van der Waals surface area contributed by atoms with Gasteiger partial charge in [-0.2, -0.15) is 0 Å². The van der Waals surface area contributed by atoms with Crippen LogP contribution in [0.3, 0.4) is 0 Å². The SMILES string of the molecule is CCNC(=NCc1ccc(N2CCCC2)nc1)N1CCC(CC(=O)NC)CC1. The molecule has 3 rings (SSSR count). The van der Waals surface area contributed by atoms with Gasteiger partial charge in [-0.05, 0) is 50.2 Å². The molecule has 2 fully saturated rings. The van der Waals surface area contributed by atoms with Crippen molar-refractivity contribution in [1.29, 1.82) is 0 Å². The molecule has 1 aromatic heterocycles. The summed E-state index contributed by atoms with van der Waals surface area (Å²) in [6.45, 7) is 7.70. The second-order valence-corrected chi connectivity index (χ2v) is 7.70. The summed E-state index contributed by atoms with van der Waals surface area (Å²) in [6, 6.07) is 4.26. The molecule has 0 aliphatic carbocycles. The van der Waals surface area contributed by atoms with Crippen molar-refractivity contribution in [2.24, 2.45) is 10.9 Å². The van der Waals surface area contributed by atoms with Crippen molar-refractivity contribution in [3.8, 4) is 0 Å². The van der Waals surface area contributed by atoms with E-state index in [2.05, 4.69) is 44.5 Å². The van der Waals surface area contributed by atoms with E-state index in [1.807, 2.05) is 6.20 Å². The Kier molecular flexibility index (Phi) is 7.51. The minimum atomic E-state index is 0.143. The molecule has 0 unspecified atom stereocenters. The van der Waals surface area contributed by atoms with Crippen LogP contribution < -0.4 is 15.5 Å². The van der Waals surface area contributed by atoms with Crippen LogP contribution in [0, 0.1) is 5.92 Å². The van der Waals surface area contributed by atoms with Gasteiger partial charge in [0, 0.05) is 52.4 Å². The fraction of sp³-hybridized carbons (Fsp3) is 0.667. The van der Waals surface area contributed by atoms with Crippen LogP contribution in [0.2, 0.25) is 0 Å². The molecular weight excluding hydrogens is 352 g/mol. The number of carbonyl (C=O) groups excluding carboxylic acids is 1. The molecule has 7 heteroatoms. The quantitative estimate of drug-likeness (QED) is 0.578. The molecule has 1 amide bonds. The highest BCUT2D eigenvalue weighted by molar-refractivity contribution is 5.80. The first kappa shape index (κ1) is 20.4. The maximum atomic E-state index is 11.6. The highest BCUT2D eigenvalue weighted by Crippen LogP contribution is 2.21. The maximum absolute atomic E-state index is 11.6. The highest BCUT2D eigenvalue weighted by atomic mass is 16.1. The molecule has 3 heterocycles. The molecule has 2 saturated heterocycles. The van der Waals surface area contributed by atoms with Crippen molar-refractivity contribution in [2.75, 3.05) is 44.7 Å². The first-order chi connectivity index (χ1) is 13.7. The Bertz CT molecular complexity index is 645. The molecule has 2 N–H and O–H groups in total. The van der Waals surface area contributed by atoms with Crippen molar-refractivity contribution in [1.82, 2.24) is 20.5 Å². The number of nitrogens with zero attached hydrogens (tertiary/aromatic N) is 4. The third-order valence-electron chi connectivity index (χ3n) is 5.65. The lowest BCUT2D eigenvalue weighted by Gasteiger charge is -2.34. The predicted octanol–water partition coefficient (Wildman–Crippen LogP) is 2.00. The molecule has 0 saturated carbocycles. The van der Waals surface area contributed by atoms with Gasteiger partial charge in [-0.1, -0.05) is 6.07 Å². The van der Waals surface area contributed by atoms with Crippen LogP contribution in [0.4, 0.5) is 5.82 Å². The van der Waals surface area contributed by atoms with Gasteiger partial charge in [0.05, 0.1) is 6.54 Å². The third kappa shape index (κ3) is 5.59. The number of likely N-dealkylation sites (tertiary alicyclic amines) is 1. The van der Waals surface area contributed by atoms with E-state index in [1.165, 1.54) is 12.8 Å². The highest BCUT2D eigenvalue weighted by Gasteiger charge is 2.23. The molecule has 1 aromatic rings. The number of pyridine rings is 1. The van der Waals surface area contributed by atoms with E-state index in [0.717, 1.165) is 62.9 Å². The van der Waals surface area contributed by atoms with Crippen molar-refractivity contribution in [3.63, 3.8) is 0 Å². The number of piperidine rings is 1. The smallest absolute Gasteiger partial charge is 0.220 e. The minimum absolute atomic E-state index is 0.143. The topological polar surface area (TPSA) is 72.9 Å². The maximum Gasteiger partial charge on any atom is 0.220 e. The van der Waals surface area contributed by atoms with E-state index in [1.54, 1.807) is 7.05 Å². The van der Waals surface area contributed by atoms with Crippen molar-refractivity contribution >= 4 is 17.7 Å². The zero-order chi connectivity index (χ0) is 19.8. The van der Waals surface area contributed by atoms with Crippen LogP contribution in [0.25, 0.3) is 0 Å². The van der Waals surface area contributed by atoms with Gasteiger partial charge in [-0.25, -0.2) is 9.98 Å². The summed E-state index contributed by atoms with van der Waals surface area (Å²) < 4.78 is 0. The lowest BCUT2D eigenvalue weighted by Crippen LogP contribution is -2.46. The van der Waals surface area contributed by atoms with E-state index >= 15 is 0 Å². The summed E-state index contributed by atoms with van der Waals surface area (Å²) >= 11 is 0. The van der Waals surface area contributed by atoms with Crippen molar-refractivity contribution in [3.05, 3.63) is 23.9 Å². The van der Waals surface area contributed by atoms with Gasteiger partial charge in [0.15, 0.2) is 5.96 Å². The van der Waals surface area contributed by atoms with E-state index in [0.29, 0.717) is 18.9 Å². The van der Waals surface area contributed by atoms with Crippen LogP contribution in [0.1, 0.15) is 44.6 Å². The molecule has 2 aliphatic rings. The number of anilines is 1. The average molecular weight is 387 g/mol. The van der Waals surface area contributed by atoms with Crippen LogP contribution in [0.15, 0.2) is 23.3 Å². The number of aliphatic imine (C=N–C) groups is 1. The van der Waals surface area contributed by atoms with Crippen LogP contribution in [0.5, 0.6) is 0 Å². The Morgan fingerprint density at radius 3 is 2.57 bits per heavy atom. The van der Waals surface area contributed by atoms with Crippen molar-refractivity contribution < 1.29 is 4.79 Å². The number of hydrogen-bond donors (Lipinski definition) is 2. The normalized spacial score (nSPS) is 18.4. The largest absolute Gasteiger partial charge is 0.359 e. The molecular formula is C21H34N6O. The van der Waals surface area contributed by atoms with Gasteiger partial charge >= 0.3 is 0 Å². The Hall–Kier alpha value is -2.31. The number of aromatic nitrogens is 1. The van der Waals surface area contributed by atoms with Gasteiger partial charge in [0.25, 0.3) is 0 Å². The molecule has 0 bridgehead atoms. The van der Waals surface area contributed by atoms with E-state index in [-0.39, 0.29) is 5.91 Å². The number of amides is 1. The van der Waals surface area contributed by atoms with Gasteiger partial charge in [0.2, 0.25) is 5.91 Å². The molecule has 0 radical (unpaired) electrons. The van der Waals surface area contributed by atoms with Gasteiger partial charge in [-0.15, -0.1) is 0 Å². The van der Waals surface area contributed by atoms with E-state index in [9.17, 15) is 4.79 Å². The van der Waals surface area contributed by atoms with E-state index < -0.39 is 0 Å². The minimum Gasteiger partial charge on any atom is -0.359 e. The first-order valence-corrected chi connectivity index (χ1v) is 10.6. The second-order valence-electron chi connectivity index (χ2n) is 7.70. The summed E-state index contributed by atoms with van der Waals surface area (Å²) in [5, 5.41) is 6.14. The Morgan fingerprint density at radius 2 is 1.96 bits per heavy atom. The second kappa shape index (κ2) is 10.3. The average Bonchev–Trinajstić information content (AvgIpc) is 3.27. The predicted molar refractivity (Wildman–Crippen MR) is 113 cm³/mol. The van der Waals surface area contributed by atoms with Crippen LogP contribution >= 0.6 is 0 Å². The van der Waals surface area contributed by atoms with Gasteiger partial charge in [-0.3, -0.25) is 4.79 Å². The monoisotopic (exact) mass is 386 g/mol. The number of carbonyl (C=O) groups is 1. The molecule has 2 aliphatic heterocycles. The Balaban J connectivity index is 1.54. The van der Waals surface area contributed by atoms with Gasteiger partial charge < -0.3 is 20.4 Å². The number of rotatable bonds is 6. The van der Waals surface area contributed by atoms with Gasteiger partial charge in [0.1, 0.15) is 5.82 Å². The lowest BCUT2D eigenvalue weighted by molar-refractivity contribution is -0.121. The molecule has 0 spiro atoms. The lowest BCUT2D eigenvalue weighted by atomic mass is 9.93. The first-order valence-electron chi connectivity index (χ1n) is 10.6. The zero-order valence-corrected chi connectivity index (χ0v) is 17.3. The summed E-state index contributed by atoms with van der Waals surface area (Å²) in [5.41, 5.74) is 1.13. The summed E-state index contributed by atoms with van der Waals surface area (Å²) in [4.78, 5) is 25.7. The van der Waals surface area contributed by atoms with Crippen LogP contribution in [-0.4, -0.2) is 61.5 Å². The zero-order valence-electron chi connectivity index (χ0n) is 17.3. The molecule has 7 nitrogen and oxygen atoms in total. The number of guanidine groups is 1. The molecule has 28 heavy (non-hydrogen) atoms. The third-order valence-corrected chi connectivity index (χ3v) is 5.65. The number of nitrogens with one attached hydrogen (secondary N) is 2. The fourth-order valence-electron chi connectivity index (χ4n) is 3.95. The summed E-state index contributed by atoms with van der Waals surface area (Å²) in [5.74, 6) is 2.66. The standard InChI is InChI=1S/C21H34N6O/c1-3-23-21(27-12-8-17(9-13-27)14-20(28)22-2)25-16-18-6-7-19(24-15-18)26-10-4-5-11-26/h6-7,15,17H,3-5,8-14,16H2,1-2H3,(H,22,28)(H,23,25). The van der Waals surface area contributed by atoms with Crippen LogP contribution in [-0.2, 0) is 11.3 Å². The molecule has 0 atom stereocenters. The number of hydrogen-bond acceptors (Lipinski definition) is 4.